The largest absolute Gasteiger partial charge is 0.350 e. The van der Waals surface area contributed by atoms with Crippen LogP contribution in [0.25, 0.3) is 0 Å². The van der Waals surface area contributed by atoms with Gasteiger partial charge in [-0.3, -0.25) is 0 Å². The quantitative estimate of drug-likeness (QED) is 0.586. The van der Waals surface area contributed by atoms with Gasteiger partial charge < -0.3 is 5.73 Å². The van der Waals surface area contributed by atoms with E-state index < -0.39 is 6.03 Å². The predicted molar refractivity (Wildman–Crippen MR) is 84.7 cm³/mol. The minimum atomic E-state index is -0.581. The van der Waals surface area contributed by atoms with Crippen LogP contribution >= 0.6 is 0 Å². The monoisotopic (exact) mass is 281 g/mol. The molecule has 116 valence electrons. The fraction of sp³-hybridized carbons (Fsp3) is 0.875. The van der Waals surface area contributed by atoms with Crippen LogP contribution in [0, 0.1) is 5.92 Å². The average molecular weight is 281 g/mol. The third-order valence-corrected chi connectivity index (χ3v) is 4.17. The fourth-order valence-electron chi connectivity index (χ4n) is 3.07. The Bertz CT molecular complexity index is 290. The first kappa shape index (κ1) is 17.0. The normalized spacial score (nSPS) is 20.8. The topological polar surface area (TPSA) is 67.5 Å². The molecule has 4 heteroatoms. The summed E-state index contributed by atoms with van der Waals surface area (Å²) in [6.45, 7) is 1.98. The molecule has 0 aromatic heterocycles. The standard InChI is InChI=1S/C16H31N3O/c1-14(18-19-16(17)20)13-15-11-9-7-5-3-2-4-6-8-10-12-15/h15H,2-13H2,1H3,(H3,17,19,20)/b18-14-. The summed E-state index contributed by atoms with van der Waals surface area (Å²) < 4.78 is 0. The summed E-state index contributed by atoms with van der Waals surface area (Å²) in [7, 11) is 0. The Morgan fingerprint density at radius 2 is 1.45 bits per heavy atom. The molecule has 1 fully saturated rings. The highest BCUT2D eigenvalue weighted by atomic mass is 16.2. The molecule has 1 aliphatic rings. The summed E-state index contributed by atoms with van der Waals surface area (Å²) >= 11 is 0. The molecule has 4 nitrogen and oxygen atoms in total. The molecule has 20 heavy (non-hydrogen) atoms. The van der Waals surface area contributed by atoms with Crippen molar-refractivity contribution in [2.45, 2.75) is 84.0 Å². The molecule has 0 atom stereocenters. The van der Waals surface area contributed by atoms with Gasteiger partial charge in [0.25, 0.3) is 0 Å². The van der Waals surface area contributed by atoms with Crippen molar-refractivity contribution in [2.24, 2.45) is 16.8 Å². The minimum Gasteiger partial charge on any atom is -0.350 e. The highest BCUT2D eigenvalue weighted by Gasteiger charge is 2.11. The van der Waals surface area contributed by atoms with E-state index in [0.717, 1.165) is 12.1 Å². The molecule has 0 aliphatic heterocycles. The van der Waals surface area contributed by atoms with Gasteiger partial charge in [-0.05, 0) is 19.3 Å². The van der Waals surface area contributed by atoms with Crippen LogP contribution in [0.3, 0.4) is 0 Å². The lowest BCUT2D eigenvalue weighted by molar-refractivity contribution is 0.249. The van der Waals surface area contributed by atoms with Crippen molar-refractivity contribution in [3.63, 3.8) is 0 Å². The van der Waals surface area contributed by atoms with Crippen molar-refractivity contribution in [2.75, 3.05) is 0 Å². The molecule has 2 amide bonds. The van der Waals surface area contributed by atoms with Crippen LogP contribution in [0.5, 0.6) is 0 Å². The van der Waals surface area contributed by atoms with E-state index in [1.54, 1.807) is 0 Å². The molecule has 0 bridgehead atoms. The van der Waals surface area contributed by atoms with Gasteiger partial charge in [-0.1, -0.05) is 70.6 Å². The number of nitrogens with zero attached hydrogens (tertiary/aromatic N) is 1. The molecule has 0 heterocycles. The summed E-state index contributed by atoms with van der Waals surface area (Å²) in [5.41, 5.74) is 8.35. The van der Waals surface area contributed by atoms with E-state index in [4.69, 9.17) is 5.73 Å². The highest BCUT2D eigenvalue weighted by Crippen LogP contribution is 2.23. The number of hydrogen-bond acceptors (Lipinski definition) is 2. The van der Waals surface area contributed by atoms with Crippen molar-refractivity contribution < 1.29 is 4.79 Å². The molecule has 0 aromatic rings. The van der Waals surface area contributed by atoms with Gasteiger partial charge in [-0.2, -0.15) is 5.10 Å². The van der Waals surface area contributed by atoms with Crippen molar-refractivity contribution in [3.8, 4) is 0 Å². The zero-order valence-electron chi connectivity index (χ0n) is 13.0. The maximum atomic E-state index is 10.7. The van der Waals surface area contributed by atoms with Gasteiger partial charge in [0, 0.05) is 5.71 Å². The number of primary amides is 1. The van der Waals surface area contributed by atoms with E-state index in [0.29, 0.717) is 5.92 Å². The first-order valence-electron chi connectivity index (χ1n) is 8.27. The maximum Gasteiger partial charge on any atom is 0.332 e. The van der Waals surface area contributed by atoms with Crippen LogP contribution in [0.4, 0.5) is 4.79 Å². The van der Waals surface area contributed by atoms with Crippen molar-refractivity contribution in [1.82, 2.24) is 5.43 Å². The van der Waals surface area contributed by atoms with Gasteiger partial charge in [0.15, 0.2) is 0 Å². The van der Waals surface area contributed by atoms with E-state index in [-0.39, 0.29) is 0 Å². The van der Waals surface area contributed by atoms with E-state index in [1.165, 1.54) is 70.6 Å². The minimum absolute atomic E-state index is 0.581. The number of urea groups is 1. The molecule has 0 aromatic carbocycles. The lowest BCUT2D eigenvalue weighted by atomic mass is 9.89. The second-order valence-electron chi connectivity index (χ2n) is 6.15. The van der Waals surface area contributed by atoms with Gasteiger partial charge in [-0.15, -0.1) is 0 Å². The molecule has 0 radical (unpaired) electrons. The summed E-state index contributed by atoms with van der Waals surface area (Å²) in [5, 5.41) is 4.04. The smallest absolute Gasteiger partial charge is 0.332 e. The fourth-order valence-corrected chi connectivity index (χ4v) is 3.07. The number of carbonyl (C=O) groups excluding carboxylic acids is 1. The van der Waals surface area contributed by atoms with Gasteiger partial charge in [0.05, 0.1) is 0 Å². The van der Waals surface area contributed by atoms with E-state index in [9.17, 15) is 4.79 Å². The number of carbonyl (C=O) groups is 1. The first-order chi connectivity index (χ1) is 9.68. The zero-order valence-corrected chi connectivity index (χ0v) is 13.0. The Morgan fingerprint density at radius 3 is 1.90 bits per heavy atom. The highest BCUT2D eigenvalue weighted by molar-refractivity contribution is 5.83. The zero-order chi connectivity index (χ0) is 14.6. The van der Waals surface area contributed by atoms with Crippen molar-refractivity contribution in [3.05, 3.63) is 0 Å². The molecule has 3 N–H and O–H groups in total. The van der Waals surface area contributed by atoms with Gasteiger partial charge in [0.1, 0.15) is 0 Å². The molecule has 1 rings (SSSR count). The number of amides is 2. The van der Waals surface area contributed by atoms with Crippen LogP contribution in [-0.4, -0.2) is 11.7 Å². The lowest BCUT2D eigenvalue weighted by Gasteiger charge is -2.17. The van der Waals surface area contributed by atoms with Gasteiger partial charge >= 0.3 is 6.03 Å². The summed E-state index contributed by atoms with van der Waals surface area (Å²) in [5.74, 6) is 0.716. The van der Waals surface area contributed by atoms with Crippen LogP contribution in [0.2, 0.25) is 0 Å². The van der Waals surface area contributed by atoms with Gasteiger partial charge in [0.2, 0.25) is 0 Å². The summed E-state index contributed by atoms with van der Waals surface area (Å²) in [6, 6.07) is -0.581. The second kappa shape index (κ2) is 10.7. The Morgan fingerprint density at radius 1 is 1.00 bits per heavy atom. The first-order valence-corrected chi connectivity index (χ1v) is 8.27. The predicted octanol–water partition coefficient (Wildman–Crippen LogP) is 4.34. The van der Waals surface area contributed by atoms with Crippen molar-refractivity contribution in [1.29, 1.82) is 0 Å². The van der Waals surface area contributed by atoms with Gasteiger partial charge in [-0.25, -0.2) is 10.2 Å². The molecule has 1 saturated carbocycles. The van der Waals surface area contributed by atoms with E-state index in [2.05, 4.69) is 10.5 Å². The molecule has 1 aliphatic carbocycles. The second-order valence-corrected chi connectivity index (χ2v) is 6.15. The number of hydrogen-bond donors (Lipinski definition) is 2. The van der Waals surface area contributed by atoms with Crippen LogP contribution < -0.4 is 11.2 Å². The van der Waals surface area contributed by atoms with Crippen LogP contribution in [-0.2, 0) is 0 Å². The lowest BCUT2D eigenvalue weighted by Crippen LogP contribution is -2.25. The van der Waals surface area contributed by atoms with Crippen LogP contribution in [0.15, 0.2) is 5.10 Å². The third-order valence-electron chi connectivity index (χ3n) is 4.17. The van der Waals surface area contributed by atoms with Crippen LogP contribution in [0.1, 0.15) is 84.0 Å². The Balaban J connectivity index is 2.37. The third kappa shape index (κ3) is 8.94. The van der Waals surface area contributed by atoms with E-state index >= 15 is 0 Å². The molecular weight excluding hydrogens is 250 g/mol. The Kier molecular flexibility index (Phi) is 9.09. The molecule has 0 saturated heterocycles. The van der Waals surface area contributed by atoms with E-state index in [1.807, 2.05) is 6.92 Å². The average Bonchev–Trinajstić information content (AvgIpc) is 2.39. The molecular formula is C16H31N3O. The molecule has 0 spiro atoms. The Labute approximate surface area is 123 Å². The summed E-state index contributed by atoms with van der Waals surface area (Å²) in [6.07, 6.45) is 16.0. The molecule has 0 unspecified atom stereocenters. The maximum absolute atomic E-state index is 10.7. The number of rotatable bonds is 3. The number of nitrogens with two attached hydrogens (primary N) is 1. The Hall–Kier alpha value is -1.06. The SMILES string of the molecule is C/C(CC1CCCCCCCCCCC1)=N/NC(N)=O. The van der Waals surface area contributed by atoms with Crippen molar-refractivity contribution >= 4 is 11.7 Å². The summed E-state index contributed by atoms with van der Waals surface area (Å²) in [4.78, 5) is 10.7. The number of hydrazone groups is 1. The number of nitrogens with one attached hydrogen (secondary N) is 1.